The van der Waals surface area contributed by atoms with Gasteiger partial charge in [-0.25, -0.2) is 18.1 Å². The zero-order valence-corrected chi connectivity index (χ0v) is 13.5. The lowest BCUT2D eigenvalue weighted by atomic mass is 9.99. The predicted octanol–water partition coefficient (Wildman–Crippen LogP) is 1.13. The average Bonchev–Trinajstić information content (AvgIpc) is 2.46. The third kappa shape index (κ3) is 4.66. The topological polar surface area (TPSA) is 74.3 Å². The highest BCUT2D eigenvalue weighted by molar-refractivity contribution is 7.89. The second-order valence-corrected chi connectivity index (χ2v) is 7.30. The lowest BCUT2D eigenvalue weighted by Crippen LogP contribution is -2.39. The molecule has 0 saturated carbocycles. The average molecular weight is 312 g/mol. The summed E-state index contributed by atoms with van der Waals surface area (Å²) in [5.41, 5.74) is 0. The van der Waals surface area contributed by atoms with Gasteiger partial charge in [0, 0.05) is 31.9 Å². The second-order valence-electron chi connectivity index (χ2n) is 5.53. The van der Waals surface area contributed by atoms with Crippen LogP contribution >= 0.6 is 0 Å². The number of sulfonamides is 1. The first-order valence-electron chi connectivity index (χ1n) is 7.39. The molecular formula is C14H24N4O2S. The van der Waals surface area contributed by atoms with Gasteiger partial charge in [0.15, 0.2) is 0 Å². The summed E-state index contributed by atoms with van der Waals surface area (Å²) in [6.45, 7) is 5.19. The van der Waals surface area contributed by atoms with Crippen molar-refractivity contribution in [2.45, 2.75) is 24.7 Å². The number of anilines is 1. The summed E-state index contributed by atoms with van der Waals surface area (Å²) < 4.78 is 27.4. The zero-order chi connectivity index (χ0) is 15.3. The van der Waals surface area contributed by atoms with Crippen LogP contribution < -0.4 is 10.0 Å². The molecule has 2 N–H and O–H groups in total. The van der Waals surface area contributed by atoms with Gasteiger partial charge in [-0.1, -0.05) is 0 Å². The van der Waals surface area contributed by atoms with Crippen molar-refractivity contribution in [2.75, 3.05) is 38.5 Å². The van der Waals surface area contributed by atoms with E-state index < -0.39 is 10.0 Å². The molecule has 2 rings (SSSR count). The van der Waals surface area contributed by atoms with E-state index in [4.69, 9.17) is 0 Å². The van der Waals surface area contributed by atoms with Crippen LogP contribution in [0.25, 0.3) is 0 Å². The SMILES string of the molecule is CCNc1cc(S(=O)(=O)NCC2CCCN(C)C2)ccn1. The molecule has 1 atom stereocenters. The normalized spacial score (nSPS) is 20.4. The molecule has 0 aliphatic carbocycles. The van der Waals surface area contributed by atoms with Gasteiger partial charge in [-0.05, 0) is 45.3 Å². The fraction of sp³-hybridized carbons (Fsp3) is 0.643. The van der Waals surface area contributed by atoms with Gasteiger partial charge in [0.05, 0.1) is 4.90 Å². The van der Waals surface area contributed by atoms with Crippen LogP contribution in [-0.4, -0.2) is 51.5 Å². The van der Waals surface area contributed by atoms with Crippen LogP contribution in [0, 0.1) is 5.92 Å². The van der Waals surface area contributed by atoms with Crippen molar-refractivity contribution < 1.29 is 8.42 Å². The summed E-state index contributed by atoms with van der Waals surface area (Å²) in [4.78, 5) is 6.60. The van der Waals surface area contributed by atoms with Crippen molar-refractivity contribution in [1.82, 2.24) is 14.6 Å². The van der Waals surface area contributed by atoms with E-state index in [0.717, 1.165) is 25.9 Å². The minimum atomic E-state index is -3.47. The van der Waals surface area contributed by atoms with Crippen LogP contribution in [-0.2, 0) is 10.0 Å². The number of pyridine rings is 1. The van der Waals surface area contributed by atoms with Crippen LogP contribution in [0.3, 0.4) is 0 Å². The van der Waals surface area contributed by atoms with Gasteiger partial charge in [0.25, 0.3) is 0 Å². The van der Waals surface area contributed by atoms with E-state index in [2.05, 4.69) is 27.0 Å². The van der Waals surface area contributed by atoms with Gasteiger partial charge in [-0.3, -0.25) is 0 Å². The van der Waals surface area contributed by atoms with Crippen LogP contribution in [0.2, 0.25) is 0 Å². The molecule has 0 aromatic carbocycles. The highest BCUT2D eigenvalue weighted by atomic mass is 32.2. The van der Waals surface area contributed by atoms with Gasteiger partial charge in [0.1, 0.15) is 5.82 Å². The summed E-state index contributed by atoms with van der Waals surface area (Å²) >= 11 is 0. The van der Waals surface area contributed by atoms with Crippen molar-refractivity contribution in [1.29, 1.82) is 0 Å². The van der Waals surface area contributed by atoms with E-state index in [-0.39, 0.29) is 4.90 Å². The first-order chi connectivity index (χ1) is 10.0. The van der Waals surface area contributed by atoms with Crippen molar-refractivity contribution in [3.8, 4) is 0 Å². The number of rotatable bonds is 6. The Balaban J connectivity index is 1.99. The number of piperidine rings is 1. The Kier molecular flexibility index (Phi) is 5.55. The van der Waals surface area contributed by atoms with Gasteiger partial charge in [-0.2, -0.15) is 0 Å². The number of aromatic nitrogens is 1. The minimum absolute atomic E-state index is 0.262. The largest absolute Gasteiger partial charge is 0.370 e. The van der Waals surface area contributed by atoms with Gasteiger partial charge in [0.2, 0.25) is 10.0 Å². The van der Waals surface area contributed by atoms with E-state index in [9.17, 15) is 8.42 Å². The van der Waals surface area contributed by atoms with E-state index in [0.29, 0.717) is 24.8 Å². The van der Waals surface area contributed by atoms with E-state index in [1.165, 1.54) is 12.3 Å². The Hall–Kier alpha value is -1.18. The van der Waals surface area contributed by atoms with Crippen molar-refractivity contribution in [2.24, 2.45) is 5.92 Å². The molecule has 0 amide bonds. The molecule has 7 heteroatoms. The Bertz CT molecular complexity index is 562. The summed E-state index contributed by atoms with van der Waals surface area (Å²) in [6.07, 6.45) is 3.72. The van der Waals surface area contributed by atoms with Gasteiger partial charge >= 0.3 is 0 Å². The number of hydrogen-bond donors (Lipinski definition) is 2. The maximum atomic E-state index is 12.3. The summed E-state index contributed by atoms with van der Waals surface area (Å²) in [5, 5.41) is 3.02. The third-order valence-corrected chi connectivity index (χ3v) is 5.10. The Labute approximate surface area is 127 Å². The van der Waals surface area contributed by atoms with Crippen molar-refractivity contribution in [3.05, 3.63) is 18.3 Å². The van der Waals surface area contributed by atoms with E-state index in [1.54, 1.807) is 6.07 Å². The second kappa shape index (κ2) is 7.20. The Morgan fingerprint density at radius 3 is 3.00 bits per heavy atom. The van der Waals surface area contributed by atoms with Crippen LogP contribution in [0.15, 0.2) is 23.2 Å². The Morgan fingerprint density at radius 2 is 2.29 bits per heavy atom. The van der Waals surface area contributed by atoms with Gasteiger partial charge < -0.3 is 10.2 Å². The highest BCUT2D eigenvalue weighted by Crippen LogP contribution is 2.16. The summed E-state index contributed by atoms with van der Waals surface area (Å²) in [5.74, 6) is 0.964. The van der Waals surface area contributed by atoms with Crippen LogP contribution in [0.5, 0.6) is 0 Å². The number of nitrogens with zero attached hydrogens (tertiary/aromatic N) is 2. The maximum absolute atomic E-state index is 12.3. The fourth-order valence-electron chi connectivity index (χ4n) is 2.61. The zero-order valence-electron chi connectivity index (χ0n) is 12.7. The molecule has 118 valence electrons. The lowest BCUT2D eigenvalue weighted by molar-refractivity contribution is 0.211. The molecular weight excluding hydrogens is 288 g/mol. The third-order valence-electron chi connectivity index (χ3n) is 3.68. The summed E-state index contributed by atoms with van der Waals surface area (Å²) in [7, 11) is -1.39. The van der Waals surface area contributed by atoms with E-state index >= 15 is 0 Å². The molecule has 0 spiro atoms. The molecule has 0 bridgehead atoms. The van der Waals surface area contributed by atoms with Crippen molar-refractivity contribution in [3.63, 3.8) is 0 Å². The molecule has 1 aliphatic heterocycles. The monoisotopic (exact) mass is 312 g/mol. The highest BCUT2D eigenvalue weighted by Gasteiger charge is 2.21. The van der Waals surface area contributed by atoms with Crippen molar-refractivity contribution >= 4 is 15.8 Å². The molecule has 2 heterocycles. The first-order valence-corrected chi connectivity index (χ1v) is 8.87. The number of hydrogen-bond acceptors (Lipinski definition) is 5. The fourth-order valence-corrected chi connectivity index (χ4v) is 3.74. The quantitative estimate of drug-likeness (QED) is 0.824. The maximum Gasteiger partial charge on any atom is 0.240 e. The summed E-state index contributed by atoms with van der Waals surface area (Å²) in [6, 6.07) is 3.09. The van der Waals surface area contributed by atoms with Gasteiger partial charge in [-0.15, -0.1) is 0 Å². The molecule has 21 heavy (non-hydrogen) atoms. The number of likely N-dealkylation sites (tertiary alicyclic amines) is 1. The van der Waals surface area contributed by atoms with Crippen LogP contribution in [0.1, 0.15) is 19.8 Å². The minimum Gasteiger partial charge on any atom is -0.370 e. The standard InChI is InChI=1S/C14H24N4O2S/c1-3-15-14-9-13(6-7-16-14)21(19,20)17-10-12-5-4-8-18(2)11-12/h6-7,9,12,17H,3-5,8,10-11H2,1-2H3,(H,15,16). The Morgan fingerprint density at radius 1 is 1.48 bits per heavy atom. The molecule has 1 aromatic rings. The lowest BCUT2D eigenvalue weighted by Gasteiger charge is -2.29. The molecule has 6 nitrogen and oxygen atoms in total. The molecule has 1 saturated heterocycles. The predicted molar refractivity (Wildman–Crippen MR) is 83.8 cm³/mol. The molecule has 1 unspecified atom stereocenters. The molecule has 1 aliphatic rings. The smallest absolute Gasteiger partial charge is 0.240 e. The first kappa shape index (κ1) is 16.2. The molecule has 0 radical (unpaired) electrons. The van der Waals surface area contributed by atoms with Crippen LogP contribution in [0.4, 0.5) is 5.82 Å². The van der Waals surface area contributed by atoms with E-state index in [1.807, 2.05) is 6.92 Å². The molecule has 1 aromatic heterocycles. The molecule has 1 fully saturated rings. The number of nitrogens with one attached hydrogen (secondary N) is 2.